The highest BCUT2D eigenvalue weighted by Crippen LogP contribution is 2.27. The van der Waals surface area contributed by atoms with Crippen LogP contribution < -0.4 is 10.6 Å². The van der Waals surface area contributed by atoms with E-state index in [1.807, 2.05) is 30.3 Å². The molecule has 12 heteroatoms. The first-order valence-corrected chi connectivity index (χ1v) is 12.4. The molecule has 0 aliphatic carbocycles. The van der Waals surface area contributed by atoms with Crippen LogP contribution in [0.25, 0.3) is 0 Å². The van der Waals surface area contributed by atoms with Gasteiger partial charge in [0, 0.05) is 19.5 Å². The van der Waals surface area contributed by atoms with Crippen molar-refractivity contribution in [2.45, 2.75) is 17.4 Å². The van der Waals surface area contributed by atoms with Gasteiger partial charge < -0.3 is 15.4 Å². The van der Waals surface area contributed by atoms with E-state index in [9.17, 15) is 22.8 Å². The Kier molecular flexibility index (Phi) is 7.17. The van der Waals surface area contributed by atoms with Crippen LogP contribution in [0.2, 0.25) is 5.02 Å². The van der Waals surface area contributed by atoms with Gasteiger partial charge in [-0.05, 0) is 23.8 Å². The predicted molar refractivity (Wildman–Crippen MR) is 124 cm³/mol. The molecule has 2 aliphatic rings. The summed E-state index contributed by atoms with van der Waals surface area (Å²) in [5.74, 6) is -1.20. The van der Waals surface area contributed by atoms with Gasteiger partial charge in [0.2, 0.25) is 15.9 Å². The monoisotopic (exact) mass is 506 g/mol. The van der Waals surface area contributed by atoms with Crippen molar-refractivity contribution in [2.24, 2.45) is 0 Å². The average molecular weight is 507 g/mol. The summed E-state index contributed by atoms with van der Waals surface area (Å²) >= 11 is 6.16. The van der Waals surface area contributed by atoms with E-state index in [1.165, 1.54) is 22.5 Å². The number of urea groups is 1. The number of halogens is 1. The molecule has 0 saturated carbocycles. The Morgan fingerprint density at radius 1 is 1.12 bits per heavy atom. The molecule has 2 aromatic carbocycles. The number of carbonyl (C=O) groups is 3. The Bertz CT molecular complexity index is 1200. The number of anilines is 1. The molecule has 0 unspecified atom stereocenters. The van der Waals surface area contributed by atoms with E-state index in [1.54, 1.807) is 0 Å². The van der Waals surface area contributed by atoms with Crippen molar-refractivity contribution in [1.29, 1.82) is 0 Å². The average Bonchev–Trinajstić information content (AvgIpc) is 3.09. The van der Waals surface area contributed by atoms with Gasteiger partial charge in [0.1, 0.15) is 12.6 Å². The van der Waals surface area contributed by atoms with Crippen LogP contribution in [0.5, 0.6) is 0 Å². The van der Waals surface area contributed by atoms with Crippen molar-refractivity contribution in [1.82, 2.24) is 14.5 Å². The van der Waals surface area contributed by atoms with Gasteiger partial charge in [-0.25, -0.2) is 13.2 Å². The van der Waals surface area contributed by atoms with Crippen LogP contribution in [-0.2, 0) is 30.8 Å². The van der Waals surface area contributed by atoms with Gasteiger partial charge in [0.15, 0.2) is 0 Å². The van der Waals surface area contributed by atoms with E-state index in [0.717, 1.165) is 10.5 Å². The number of morpholine rings is 1. The van der Waals surface area contributed by atoms with Crippen molar-refractivity contribution >= 4 is 45.2 Å². The number of hydrogen-bond acceptors (Lipinski definition) is 6. The second-order valence-electron chi connectivity index (χ2n) is 7.82. The largest absolute Gasteiger partial charge is 0.379 e. The molecule has 0 radical (unpaired) electrons. The molecule has 2 aromatic rings. The molecule has 0 spiro atoms. The number of carbonyl (C=O) groups excluding carboxylic acids is 3. The van der Waals surface area contributed by atoms with Gasteiger partial charge in [-0.1, -0.05) is 41.9 Å². The van der Waals surface area contributed by atoms with Crippen molar-refractivity contribution in [2.75, 3.05) is 38.2 Å². The van der Waals surface area contributed by atoms with Crippen LogP contribution in [0.1, 0.15) is 5.56 Å². The maximum absolute atomic E-state index is 12.9. The first kappa shape index (κ1) is 24.1. The highest BCUT2D eigenvalue weighted by molar-refractivity contribution is 7.89. The predicted octanol–water partition coefficient (Wildman–Crippen LogP) is 1.46. The molecule has 2 N–H and O–H groups in total. The second kappa shape index (κ2) is 10.1. The molecule has 4 rings (SSSR count). The fourth-order valence-electron chi connectivity index (χ4n) is 3.74. The number of hydrogen-bond donors (Lipinski definition) is 2. The molecule has 2 heterocycles. The summed E-state index contributed by atoms with van der Waals surface area (Å²) in [5.41, 5.74) is 0.936. The minimum absolute atomic E-state index is 0.0352. The third kappa shape index (κ3) is 5.22. The molecule has 0 bridgehead atoms. The Morgan fingerprint density at radius 3 is 2.53 bits per heavy atom. The molecule has 34 heavy (non-hydrogen) atoms. The first-order chi connectivity index (χ1) is 16.3. The molecule has 0 aromatic heterocycles. The van der Waals surface area contributed by atoms with Crippen LogP contribution in [0.15, 0.2) is 53.4 Å². The molecule has 10 nitrogen and oxygen atoms in total. The van der Waals surface area contributed by atoms with E-state index in [4.69, 9.17) is 16.3 Å². The van der Waals surface area contributed by atoms with Gasteiger partial charge in [0.05, 0.1) is 28.8 Å². The number of ether oxygens (including phenoxy) is 1. The zero-order chi connectivity index (χ0) is 24.3. The van der Waals surface area contributed by atoms with Crippen LogP contribution in [0, 0.1) is 0 Å². The van der Waals surface area contributed by atoms with Gasteiger partial charge in [-0.3, -0.25) is 14.5 Å². The maximum Gasteiger partial charge on any atom is 0.325 e. The quantitative estimate of drug-likeness (QED) is 0.548. The van der Waals surface area contributed by atoms with E-state index in [0.29, 0.717) is 19.6 Å². The Morgan fingerprint density at radius 2 is 1.82 bits per heavy atom. The fourth-order valence-corrected chi connectivity index (χ4v) is 5.34. The van der Waals surface area contributed by atoms with Crippen molar-refractivity contribution in [3.05, 3.63) is 59.1 Å². The Hall–Kier alpha value is -2.99. The highest BCUT2D eigenvalue weighted by atomic mass is 35.5. The van der Waals surface area contributed by atoms with Crippen LogP contribution in [-0.4, -0.2) is 74.4 Å². The molecular weight excluding hydrogens is 484 g/mol. The highest BCUT2D eigenvalue weighted by Gasteiger charge is 2.39. The lowest BCUT2D eigenvalue weighted by Gasteiger charge is -2.26. The minimum atomic E-state index is -3.80. The molecule has 2 aliphatic heterocycles. The van der Waals surface area contributed by atoms with Crippen molar-refractivity contribution in [3.8, 4) is 0 Å². The number of benzene rings is 2. The number of imide groups is 1. The molecule has 2 fully saturated rings. The van der Waals surface area contributed by atoms with E-state index < -0.39 is 40.5 Å². The van der Waals surface area contributed by atoms with E-state index >= 15 is 0 Å². The number of nitrogens with zero attached hydrogens (tertiary/aromatic N) is 2. The van der Waals surface area contributed by atoms with Crippen molar-refractivity contribution < 1.29 is 27.5 Å². The topological polar surface area (TPSA) is 125 Å². The Labute approximate surface area is 201 Å². The van der Waals surface area contributed by atoms with Crippen LogP contribution in [0.3, 0.4) is 0 Å². The summed E-state index contributed by atoms with van der Waals surface area (Å²) in [4.78, 5) is 38.4. The lowest BCUT2D eigenvalue weighted by Crippen LogP contribution is -2.40. The zero-order valence-corrected chi connectivity index (χ0v) is 19.6. The minimum Gasteiger partial charge on any atom is -0.379 e. The normalized spacial score (nSPS) is 19.2. The second-order valence-corrected chi connectivity index (χ2v) is 10.2. The lowest BCUT2D eigenvalue weighted by molar-refractivity contribution is -0.130. The number of sulfonamides is 1. The SMILES string of the molecule is O=C(CN1C(=O)N[C@H](Cc2ccccc2)C1=O)Nc1cc(S(=O)(=O)N2CCOCC2)ccc1Cl. The summed E-state index contributed by atoms with van der Waals surface area (Å²) in [5, 5.41) is 5.21. The van der Waals surface area contributed by atoms with Crippen LogP contribution in [0.4, 0.5) is 10.5 Å². The lowest BCUT2D eigenvalue weighted by atomic mass is 10.1. The standard InChI is InChI=1S/C22H23ClN4O6S/c23-17-7-6-16(34(31,32)26-8-10-33-11-9-26)13-18(17)24-20(28)14-27-21(29)19(25-22(27)30)12-15-4-2-1-3-5-15/h1-7,13,19H,8-12,14H2,(H,24,28)(H,25,30)/t19-/m1/s1. The van der Waals surface area contributed by atoms with Crippen LogP contribution >= 0.6 is 11.6 Å². The third-order valence-electron chi connectivity index (χ3n) is 5.51. The summed E-state index contributed by atoms with van der Waals surface area (Å²) in [6, 6.07) is 11.7. The van der Waals surface area contributed by atoms with Gasteiger partial charge in [-0.2, -0.15) is 4.31 Å². The molecular formula is C22H23ClN4O6S. The van der Waals surface area contributed by atoms with Crippen molar-refractivity contribution in [3.63, 3.8) is 0 Å². The molecule has 2 saturated heterocycles. The number of amides is 4. The molecule has 4 amide bonds. The summed E-state index contributed by atoms with van der Waals surface area (Å²) < 4.78 is 32.3. The number of rotatable bonds is 7. The Balaban J connectivity index is 1.43. The van der Waals surface area contributed by atoms with E-state index in [2.05, 4.69) is 10.6 Å². The van der Waals surface area contributed by atoms with Gasteiger partial charge >= 0.3 is 6.03 Å². The fraction of sp³-hybridized carbons (Fsp3) is 0.318. The van der Waals surface area contributed by atoms with Gasteiger partial charge in [-0.15, -0.1) is 0 Å². The zero-order valence-electron chi connectivity index (χ0n) is 18.1. The maximum atomic E-state index is 12.9. The summed E-state index contributed by atoms with van der Waals surface area (Å²) in [6.45, 7) is 0.514. The molecule has 180 valence electrons. The molecule has 1 atom stereocenters. The van der Waals surface area contributed by atoms with E-state index in [-0.39, 0.29) is 28.7 Å². The number of nitrogens with one attached hydrogen (secondary N) is 2. The third-order valence-corrected chi connectivity index (χ3v) is 7.74. The van der Waals surface area contributed by atoms with Gasteiger partial charge in [0.25, 0.3) is 5.91 Å². The summed E-state index contributed by atoms with van der Waals surface area (Å²) in [6.07, 6.45) is 0.302. The smallest absolute Gasteiger partial charge is 0.325 e. The summed E-state index contributed by atoms with van der Waals surface area (Å²) in [7, 11) is -3.80. The first-order valence-electron chi connectivity index (χ1n) is 10.6.